The number of hydrogen-bond acceptors (Lipinski definition) is 1. The third-order valence-corrected chi connectivity index (χ3v) is 23.1. The molecule has 1 nitrogen and oxygen atoms in total. The molecule has 5 aromatic rings. The van der Waals surface area contributed by atoms with Gasteiger partial charge in [0.1, 0.15) is 0 Å². The Bertz CT molecular complexity index is 1150. The number of benzene rings is 5. The van der Waals surface area contributed by atoms with Gasteiger partial charge in [-0.25, -0.2) is 0 Å². The molecule has 0 spiro atoms. The maximum atomic E-state index is 7.59. The fourth-order valence-electron chi connectivity index (χ4n) is 4.66. The van der Waals surface area contributed by atoms with Crippen LogP contribution in [0.3, 0.4) is 0 Å². The minimum absolute atomic E-state index is 0.887. The molecule has 0 atom stereocenters. The van der Waals surface area contributed by atoms with Gasteiger partial charge in [-0.1, -0.05) is 0 Å². The molecule has 0 saturated heterocycles. The third-order valence-electron chi connectivity index (χ3n) is 6.10. The second-order valence-electron chi connectivity index (χ2n) is 7.92. The maximum absolute atomic E-state index is 7.59. The van der Waals surface area contributed by atoms with Crippen LogP contribution in [0, 0.1) is 3.57 Å². The Kier molecular flexibility index (Phi) is 6.31. The molecule has 5 rings (SSSR count). The third kappa shape index (κ3) is 3.70. The molecule has 0 saturated carbocycles. The molecule has 0 aliphatic carbocycles. The van der Waals surface area contributed by atoms with E-state index >= 15 is 0 Å². The zero-order valence-corrected chi connectivity index (χ0v) is 22.8. The molecule has 0 amide bonds. The van der Waals surface area contributed by atoms with E-state index in [-0.39, 0.29) is 0 Å². The Labute approximate surface area is 210 Å². The van der Waals surface area contributed by atoms with Gasteiger partial charge in [-0.2, -0.15) is 0 Å². The Hall–Kier alpha value is -2.55. The van der Waals surface area contributed by atoms with E-state index in [0.29, 0.717) is 0 Å². The molecule has 3 heteroatoms. The fraction of sp³-hybridized carbons (Fsp3) is 0. The average molecular weight is 649 g/mol. The molecule has 0 aliphatic rings. The van der Waals surface area contributed by atoms with Crippen molar-refractivity contribution in [2.24, 2.45) is 0 Å². The van der Waals surface area contributed by atoms with Crippen molar-refractivity contribution >= 4 is 54.4 Å². The van der Waals surface area contributed by atoms with E-state index in [0.717, 1.165) is 5.75 Å². The first kappa shape index (κ1) is 22.3. The first-order valence-corrected chi connectivity index (χ1v) is 18.2. The zero-order chi connectivity index (χ0) is 22.6. The van der Waals surface area contributed by atoms with E-state index in [2.05, 4.69) is 168 Å². The quantitative estimate of drug-likeness (QED) is 0.182. The van der Waals surface area contributed by atoms with Crippen molar-refractivity contribution in [1.29, 1.82) is 0 Å². The predicted molar refractivity (Wildman–Crippen MR) is 150 cm³/mol. The van der Waals surface area contributed by atoms with Crippen molar-refractivity contribution in [3.05, 3.63) is 149 Å². The molecule has 0 heterocycles. The number of halogens is 1. The summed E-state index contributed by atoms with van der Waals surface area (Å²) in [6.45, 7) is 0. The van der Waals surface area contributed by atoms with Crippen LogP contribution in [0.5, 0.6) is 5.75 Å². The SMILES string of the molecule is Ic1ccc([O][Sb]([c]2ccccc2)([c]2ccccc2)([c]2ccccc2)[c]2ccccc2)cc1. The Morgan fingerprint density at radius 3 is 1.00 bits per heavy atom. The predicted octanol–water partition coefficient (Wildman–Crippen LogP) is 5.20. The van der Waals surface area contributed by atoms with Crippen LogP contribution in [0.1, 0.15) is 0 Å². The van der Waals surface area contributed by atoms with Crippen molar-refractivity contribution in [2.45, 2.75) is 0 Å². The fourth-order valence-corrected chi connectivity index (χ4v) is 21.3. The van der Waals surface area contributed by atoms with Gasteiger partial charge in [0.25, 0.3) is 0 Å². The molecule has 5 aromatic carbocycles. The summed E-state index contributed by atoms with van der Waals surface area (Å²) in [5.74, 6) is 0.887. The molecule has 0 fully saturated rings. The van der Waals surface area contributed by atoms with Gasteiger partial charge in [0.2, 0.25) is 0 Å². The Morgan fingerprint density at radius 2 is 0.697 bits per heavy atom. The molecular formula is C30H24IOSb. The standard InChI is InChI=1S/C6H5IO.4C6H5.Sb/c7-5-1-3-6(8)4-2-5;4*1-2-4-6-5-3-1;/h1-4,8H;4*1-5H;/q;;;;;+1/p-1. The van der Waals surface area contributed by atoms with E-state index in [1.165, 1.54) is 17.6 Å². The number of rotatable bonds is 6. The van der Waals surface area contributed by atoms with Crippen molar-refractivity contribution in [3.8, 4) is 5.75 Å². The molecule has 0 bridgehead atoms. The van der Waals surface area contributed by atoms with E-state index < -0.39 is 17.8 Å². The molecule has 33 heavy (non-hydrogen) atoms. The van der Waals surface area contributed by atoms with Gasteiger partial charge in [-0.05, 0) is 0 Å². The first-order chi connectivity index (χ1) is 16.2. The summed E-state index contributed by atoms with van der Waals surface area (Å²) in [7, 11) is 0. The van der Waals surface area contributed by atoms with Crippen LogP contribution in [0.2, 0.25) is 0 Å². The van der Waals surface area contributed by atoms with Crippen LogP contribution in [0.25, 0.3) is 0 Å². The second-order valence-corrected chi connectivity index (χ2v) is 21.5. The van der Waals surface area contributed by atoms with Gasteiger partial charge in [0.15, 0.2) is 0 Å². The molecule has 0 aliphatic heterocycles. The van der Waals surface area contributed by atoms with Crippen molar-refractivity contribution < 1.29 is 3.02 Å². The van der Waals surface area contributed by atoms with Crippen molar-refractivity contribution in [3.63, 3.8) is 0 Å². The van der Waals surface area contributed by atoms with Crippen LogP contribution in [-0.4, -0.2) is 17.8 Å². The van der Waals surface area contributed by atoms with E-state index in [1.54, 1.807) is 0 Å². The molecular weight excluding hydrogens is 625 g/mol. The topological polar surface area (TPSA) is 9.23 Å². The van der Waals surface area contributed by atoms with Crippen LogP contribution in [0.15, 0.2) is 146 Å². The molecule has 0 unspecified atom stereocenters. The normalized spacial score (nSPS) is 12.5. The summed E-state index contributed by atoms with van der Waals surface area (Å²) < 4.78 is 13.7. The van der Waals surface area contributed by atoms with E-state index in [9.17, 15) is 0 Å². The van der Waals surface area contributed by atoms with E-state index in [1.807, 2.05) is 0 Å². The summed E-state index contributed by atoms with van der Waals surface area (Å²) in [6, 6.07) is 51.8. The Morgan fingerprint density at radius 1 is 0.394 bits per heavy atom. The molecule has 0 N–H and O–H groups in total. The Balaban J connectivity index is 2.01. The minimum atomic E-state index is -4.83. The van der Waals surface area contributed by atoms with Crippen LogP contribution >= 0.6 is 22.6 Å². The van der Waals surface area contributed by atoms with Crippen LogP contribution in [0.4, 0.5) is 0 Å². The summed E-state index contributed by atoms with van der Waals surface area (Å²) in [4.78, 5) is 0. The summed E-state index contributed by atoms with van der Waals surface area (Å²) in [5, 5.41) is 0. The molecule has 162 valence electrons. The van der Waals surface area contributed by atoms with Gasteiger partial charge in [-0.3, -0.25) is 0 Å². The number of hydrogen-bond donors (Lipinski definition) is 0. The van der Waals surface area contributed by atoms with Gasteiger partial charge in [0.05, 0.1) is 0 Å². The van der Waals surface area contributed by atoms with Crippen molar-refractivity contribution in [1.82, 2.24) is 0 Å². The van der Waals surface area contributed by atoms with E-state index in [4.69, 9.17) is 3.02 Å². The summed E-state index contributed by atoms with van der Waals surface area (Å²) >= 11 is -2.48. The second kappa shape index (κ2) is 9.36. The van der Waals surface area contributed by atoms with Crippen LogP contribution < -0.4 is 17.1 Å². The van der Waals surface area contributed by atoms with Gasteiger partial charge in [0, 0.05) is 0 Å². The van der Waals surface area contributed by atoms with Gasteiger partial charge in [-0.15, -0.1) is 0 Å². The zero-order valence-electron chi connectivity index (χ0n) is 18.1. The summed E-state index contributed by atoms with van der Waals surface area (Å²) in [5.41, 5.74) is 0. The van der Waals surface area contributed by atoms with Gasteiger partial charge < -0.3 is 0 Å². The average Bonchev–Trinajstić information content (AvgIpc) is 2.91. The summed E-state index contributed by atoms with van der Waals surface area (Å²) in [6.07, 6.45) is 0. The van der Waals surface area contributed by atoms with Crippen LogP contribution in [-0.2, 0) is 0 Å². The molecule has 0 aromatic heterocycles. The first-order valence-electron chi connectivity index (χ1n) is 10.9. The van der Waals surface area contributed by atoms with Gasteiger partial charge >= 0.3 is 212 Å². The molecule has 0 radical (unpaired) electrons. The monoisotopic (exact) mass is 648 g/mol. The van der Waals surface area contributed by atoms with Crippen molar-refractivity contribution in [2.75, 3.05) is 0 Å².